The quantitative estimate of drug-likeness (QED) is 0.662. The second-order valence-electron chi connectivity index (χ2n) is 3.17. The van der Waals surface area contributed by atoms with Crippen molar-refractivity contribution in [3.05, 3.63) is 35.9 Å². The van der Waals surface area contributed by atoms with Crippen molar-refractivity contribution in [3.8, 4) is 0 Å². The molecule has 0 saturated carbocycles. The Bertz CT molecular complexity index is 252. The van der Waals surface area contributed by atoms with Gasteiger partial charge in [-0.2, -0.15) is 0 Å². The summed E-state index contributed by atoms with van der Waals surface area (Å²) in [6.07, 6.45) is 1.75. The molecule has 0 aliphatic carbocycles. The fourth-order valence-corrected chi connectivity index (χ4v) is 1.61. The normalized spacial score (nSPS) is 29.1. The van der Waals surface area contributed by atoms with Crippen molar-refractivity contribution in [1.29, 1.82) is 0 Å². The zero-order chi connectivity index (χ0) is 8.44. The third kappa shape index (κ3) is 1.24. The summed E-state index contributed by atoms with van der Waals surface area (Å²) in [5, 5.41) is 14.2. The van der Waals surface area contributed by atoms with Crippen LogP contribution in [0.2, 0.25) is 0 Å². The smallest absolute Gasteiger partial charge is 0.157 e. The third-order valence-corrected chi connectivity index (χ3v) is 2.29. The minimum atomic E-state index is -0.888. The van der Waals surface area contributed by atoms with Gasteiger partial charge in [0.15, 0.2) is 5.72 Å². The van der Waals surface area contributed by atoms with Crippen molar-refractivity contribution < 1.29 is 5.11 Å². The Balaban J connectivity index is 2.29. The Labute approximate surface area is 72.2 Å². The standard InChI is InChI=1S/C10H12NO/c12-10(7-4-8-11-10)9-5-2-1-3-6-9/h1-3,5-6,12H,4,7-8H2. The van der Waals surface area contributed by atoms with E-state index in [9.17, 15) is 5.11 Å². The van der Waals surface area contributed by atoms with Crippen LogP contribution >= 0.6 is 0 Å². The molecule has 2 rings (SSSR count). The summed E-state index contributed by atoms with van der Waals surface area (Å²) in [5.41, 5.74) is 0.0313. The van der Waals surface area contributed by atoms with E-state index in [4.69, 9.17) is 0 Å². The van der Waals surface area contributed by atoms with Crippen molar-refractivity contribution in [2.24, 2.45) is 0 Å². The third-order valence-electron chi connectivity index (χ3n) is 2.29. The van der Waals surface area contributed by atoms with Crippen molar-refractivity contribution in [2.45, 2.75) is 18.6 Å². The van der Waals surface area contributed by atoms with E-state index < -0.39 is 5.72 Å². The molecule has 2 heteroatoms. The fraction of sp³-hybridized carbons (Fsp3) is 0.400. The molecule has 1 aliphatic rings. The van der Waals surface area contributed by atoms with Gasteiger partial charge in [-0.05, 0) is 18.4 Å². The molecule has 63 valence electrons. The van der Waals surface area contributed by atoms with E-state index in [2.05, 4.69) is 5.32 Å². The molecule has 1 radical (unpaired) electrons. The maximum absolute atomic E-state index is 10.00. The largest absolute Gasteiger partial charge is 0.370 e. The maximum Gasteiger partial charge on any atom is 0.157 e. The summed E-state index contributed by atoms with van der Waals surface area (Å²) < 4.78 is 0. The highest BCUT2D eigenvalue weighted by Gasteiger charge is 2.33. The van der Waals surface area contributed by atoms with Crippen LogP contribution in [-0.2, 0) is 5.72 Å². The molecular formula is C10H12NO. The van der Waals surface area contributed by atoms with Crippen LogP contribution in [0.25, 0.3) is 0 Å². The Morgan fingerprint density at radius 1 is 1.25 bits per heavy atom. The van der Waals surface area contributed by atoms with Gasteiger partial charge in [0.1, 0.15) is 0 Å². The molecule has 0 spiro atoms. The number of nitrogens with zero attached hydrogens (tertiary/aromatic N) is 1. The average Bonchev–Trinajstić information content (AvgIpc) is 2.55. The van der Waals surface area contributed by atoms with Crippen molar-refractivity contribution in [1.82, 2.24) is 5.32 Å². The lowest BCUT2D eigenvalue weighted by Gasteiger charge is -2.21. The number of benzene rings is 1. The summed E-state index contributed by atoms with van der Waals surface area (Å²) >= 11 is 0. The molecule has 0 bridgehead atoms. The molecule has 0 amide bonds. The molecule has 1 aliphatic heterocycles. The lowest BCUT2D eigenvalue weighted by Crippen LogP contribution is -2.30. The van der Waals surface area contributed by atoms with Crippen LogP contribution in [0.4, 0.5) is 0 Å². The molecule has 1 atom stereocenters. The highest BCUT2D eigenvalue weighted by molar-refractivity contribution is 5.22. The first-order chi connectivity index (χ1) is 5.81. The van der Waals surface area contributed by atoms with Crippen LogP contribution in [0.15, 0.2) is 30.3 Å². The van der Waals surface area contributed by atoms with Gasteiger partial charge in [0.2, 0.25) is 0 Å². The van der Waals surface area contributed by atoms with E-state index in [0.717, 1.165) is 24.9 Å². The molecule has 12 heavy (non-hydrogen) atoms. The van der Waals surface area contributed by atoms with Gasteiger partial charge in [0.05, 0.1) is 0 Å². The fourth-order valence-electron chi connectivity index (χ4n) is 1.61. The molecule has 1 aromatic carbocycles. The summed E-state index contributed by atoms with van der Waals surface area (Å²) in [6.45, 7) is 0.783. The zero-order valence-corrected chi connectivity index (χ0v) is 6.90. The van der Waals surface area contributed by atoms with Gasteiger partial charge in [-0.3, -0.25) is 0 Å². The highest BCUT2D eigenvalue weighted by Crippen LogP contribution is 2.28. The second kappa shape index (κ2) is 2.88. The predicted molar refractivity (Wildman–Crippen MR) is 46.6 cm³/mol. The molecule has 2 nitrogen and oxygen atoms in total. The first kappa shape index (κ1) is 7.77. The summed E-state index contributed by atoms with van der Waals surface area (Å²) in [7, 11) is 0. The van der Waals surface area contributed by atoms with E-state index in [-0.39, 0.29) is 0 Å². The van der Waals surface area contributed by atoms with Gasteiger partial charge < -0.3 is 5.11 Å². The molecule has 1 fully saturated rings. The van der Waals surface area contributed by atoms with Crippen LogP contribution in [0.5, 0.6) is 0 Å². The molecular weight excluding hydrogens is 150 g/mol. The molecule has 1 unspecified atom stereocenters. The Kier molecular flexibility index (Phi) is 1.87. The van der Waals surface area contributed by atoms with E-state index >= 15 is 0 Å². The van der Waals surface area contributed by atoms with Crippen LogP contribution < -0.4 is 5.32 Å². The minimum absolute atomic E-state index is 0.761. The second-order valence-corrected chi connectivity index (χ2v) is 3.17. The predicted octanol–water partition coefficient (Wildman–Crippen LogP) is 1.23. The average molecular weight is 162 g/mol. The first-order valence-corrected chi connectivity index (χ1v) is 4.28. The molecule has 0 aromatic heterocycles. The van der Waals surface area contributed by atoms with E-state index in [1.165, 1.54) is 0 Å². The van der Waals surface area contributed by atoms with Gasteiger partial charge in [0.25, 0.3) is 0 Å². The molecule has 1 heterocycles. The monoisotopic (exact) mass is 162 g/mol. The van der Waals surface area contributed by atoms with Crippen molar-refractivity contribution in [3.63, 3.8) is 0 Å². The summed E-state index contributed by atoms with van der Waals surface area (Å²) in [6, 6.07) is 9.66. The van der Waals surface area contributed by atoms with Gasteiger partial charge in [-0.25, -0.2) is 5.32 Å². The SMILES string of the molecule is OC1(c2ccccc2)CCC[N]1. The van der Waals surface area contributed by atoms with Crippen LogP contribution in [-0.4, -0.2) is 11.7 Å². The maximum atomic E-state index is 10.00. The zero-order valence-electron chi connectivity index (χ0n) is 6.90. The summed E-state index contributed by atoms with van der Waals surface area (Å²) in [5.74, 6) is 0. The topological polar surface area (TPSA) is 34.3 Å². The molecule has 1 aromatic rings. The van der Waals surface area contributed by atoms with Crippen LogP contribution in [0, 0.1) is 0 Å². The first-order valence-electron chi connectivity index (χ1n) is 4.28. The number of hydrogen-bond donors (Lipinski definition) is 1. The Morgan fingerprint density at radius 3 is 2.58 bits per heavy atom. The van der Waals surface area contributed by atoms with Crippen molar-refractivity contribution in [2.75, 3.05) is 6.54 Å². The van der Waals surface area contributed by atoms with Crippen LogP contribution in [0.1, 0.15) is 18.4 Å². The Morgan fingerprint density at radius 2 is 2.00 bits per heavy atom. The number of rotatable bonds is 1. The van der Waals surface area contributed by atoms with Crippen molar-refractivity contribution >= 4 is 0 Å². The number of hydrogen-bond acceptors (Lipinski definition) is 1. The lowest BCUT2D eigenvalue weighted by atomic mass is 10.0. The van der Waals surface area contributed by atoms with E-state index in [0.29, 0.717) is 0 Å². The number of aliphatic hydroxyl groups is 1. The molecule has 1 N–H and O–H groups in total. The Hall–Kier alpha value is -0.860. The van der Waals surface area contributed by atoms with Gasteiger partial charge in [-0.15, -0.1) is 0 Å². The van der Waals surface area contributed by atoms with E-state index in [1.807, 2.05) is 30.3 Å². The van der Waals surface area contributed by atoms with E-state index in [1.54, 1.807) is 0 Å². The van der Waals surface area contributed by atoms with Gasteiger partial charge in [0, 0.05) is 6.54 Å². The molecule has 1 saturated heterocycles. The van der Waals surface area contributed by atoms with Crippen LogP contribution in [0.3, 0.4) is 0 Å². The summed E-state index contributed by atoms with van der Waals surface area (Å²) in [4.78, 5) is 0. The highest BCUT2D eigenvalue weighted by atomic mass is 16.3. The lowest BCUT2D eigenvalue weighted by molar-refractivity contribution is 0.0172. The minimum Gasteiger partial charge on any atom is -0.370 e. The van der Waals surface area contributed by atoms with Gasteiger partial charge >= 0.3 is 0 Å². The van der Waals surface area contributed by atoms with Gasteiger partial charge in [-0.1, -0.05) is 30.3 Å².